The van der Waals surface area contributed by atoms with E-state index in [1.165, 1.54) is 0 Å². The highest BCUT2D eigenvalue weighted by molar-refractivity contribution is 6.39. The molecule has 0 aromatic heterocycles. The fourth-order valence-electron chi connectivity index (χ4n) is 2.10. The zero-order valence-electron chi connectivity index (χ0n) is 11.2. The number of anilines is 1. The molecule has 112 valence electrons. The molecule has 1 amide bonds. The predicted molar refractivity (Wildman–Crippen MR) is 86.2 cm³/mol. The van der Waals surface area contributed by atoms with Crippen LogP contribution in [0, 0.1) is 0 Å². The molecule has 7 heteroatoms. The third-order valence-electron chi connectivity index (χ3n) is 3.21. The number of rotatable bonds is 3. The second-order valence-electron chi connectivity index (χ2n) is 4.67. The second kappa shape index (κ2) is 8.05. The maximum Gasteiger partial charge on any atom is 0.238 e. The minimum atomic E-state index is -0.0937. The zero-order chi connectivity index (χ0) is 13.8. The van der Waals surface area contributed by atoms with Crippen molar-refractivity contribution in [3.05, 3.63) is 28.2 Å². The lowest BCUT2D eigenvalue weighted by Gasteiger charge is -2.33. The SMILES string of the molecule is C[C@H]1CNCCN1CC(=O)Nc1c(Cl)cccc1Cl.Cl. The van der Waals surface area contributed by atoms with Crippen LogP contribution < -0.4 is 10.6 Å². The van der Waals surface area contributed by atoms with Crippen LogP contribution in [-0.4, -0.2) is 43.0 Å². The van der Waals surface area contributed by atoms with Gasteiger partial charge in [-0.25, -0.2) is 0 Å². The summed E-state index contributed by atoms with van der Waals surface area (Å²) in [5.74, 6) is -0.0937. The van der Waals surface area contributed by atoms with Gasteiger partial charge in [0.2, 0.25) is 5.91 Å². The molecule has 20 heavy (non-hydrogen) atoms. The largest absolute Gasteiger partial charge is 0.322 e. The molecule has 4 nitrogen and oxygen atoms in total. The van der Waals surface area contributed by atoms with Crippen molar-refractivity contribution in [3.8, 4) is 0 Å². The number of carbonyl (C=O) groups excluding carboxylic acids is 1. The molecule has 1 heterocycles. The third kappa shape index (κ3) is 4.50. The summed E-state index contributed by atoms with van der Waals surface area (Å²) >= 11 is 12.0. The first-order chi connectivity index (χ1) is 9.08. The molecule has 2 N–H and O–H groups in total. The van der Waals surface area contributed by atoms with Crippen molar-refractivity contribution in [1.82, 2.24) is 10.2 Å². The Morgan fingerprint density at radius 1 is 1.45 bits per heavy atom. The summed E-state index contributed by atoms with van der Waals surface area (Å²) < 4.78 is 0. The second-order valence-corrected chi connectivity index (χ2v) is 5.48. The predicted octanol–water partition coefficient (Wildman–Crippen LogP) is 2.65. The van der Waals surface area contributed by atoms with E-state index in [-0.39, 0.29) is 18.3 Å². The van der Waals surface area contributed by atoms with Gasteiger partial charge in [0.25, 0.3) is 0 Å². The first-order valence-corrected chi connectivity index (χ1v) is 7.02. The number of amides is 1. The van der Waals surface area contributed by atoms with Crippen molar-refractivity contribution < 1.29 is 4.79 Å². The zero-order valence-corrected chi connectivity index (χ0v) is 13.5. The first-order valence-electron chi connectivity index (χ1n) is 6.26. The van der Waals surface area contributed by atoms with E-state index < -0.39 is 0 Å². The number of para-hydroxylation sites is 1. The molecule has 2 rings (SSSR count). The number of nitrogens with one attached hydrogen (secondary N) is 2. The standard InChI is InChI=1S/C13H17Cl2N3O.ClH/c1-9-7-16-5-6-18(9)8-12(19)17-13-10(14)3-2-4-11(13)15;/h2-4,9,16H,5-8H2,1H3,(H,17,19);1H/t9-;/m0./s1. The fraction of sp³-hybridized carbons (Fsp3) is 0.462. The molecule has 0 aliphatic carbocycles. The van der Waals surface area contributed by atoms with E-state index in [0.717, 1.165) is 19.6 Å². The van der Waals surface area contributed by atoms with Crippen LogP contribution in [-0.2, 0) is 4.79 Å². The number of hydrogen-bond donors (Lipinski definition) is 2. The summed E-state index contributed by atoms with van der Waals surface area (Å²) in [6.45, 7) is 5.13. The maximum absolute atomic E-state index is 12.0. The molecule has 0 bridgehead atoms. The van der Waals surface area contributed by atoms with E-state index in [4.69, 9.17) is 23.2 Å². The molecule has 1 aliphatic rings. The molecular weight excluding hydrogens is 321 g/mol. The van der Waals surface area contributed by atoms with Gasteiger partial charge in [-0.05, 0) is 19.1 Å². The van der Waals surface area contributed by atoms with E-state index >= 15 is 0 Å². The molecule has 0 spiro atoms. The summed E-state index contributed by atoms with van der Waals surface area (Å²) in [6, 6.07) is 5.51. The third-order valence-corrected chi connectivity index (χ3v) is 3.84. The van der Waals surface area contributed by atoms with E-state index in [1.807, 2.05) is 0 Å². The van der Waals surface area contributed by atoms with Crippen LogP contribution in [0.4, 0.5) is 5.69 Å². The summed E-state index contributed by atoms with van der Waals surface area (Å²) in [7, 11) is 0. The molecule has 1 fully saturated rings. The van der Waals surface area contributed by atoms with Crippen molar-refractivity contribution >= 4 is 47.2 Å². The Labute approximate surface area is 135 Å². The minimum absolute atomic E-state index is 0. The van der Waals surface area contributed by atoms with Crippen LogP contribution in [0.25, 0.3) is 0 Å². The highest BCUT2D eigenvalue weighted by Gasteiger charge is 2.20. The Kier molecular flexibility index (Phi) is 7.06. The lowest BCUT2D eigenvalue weighted by molar-refractivity contribution is -0.118. The van der Waals surface area contributed by atoms with Crippen molar-refractivity contribution in [3.63, 3.8) is 0 Å². The molecule has 1 saturated heterocycles. The monoisotopic (exact) mass is 337 g/mol. The summed E-state index contributed by atoms with van der Waals surface area (Å²) in [5.41, 5.74) is 0.485. The number of hydrogen-bond acceptors (Lipinski definition) is 3. The quantitative estimate of drug-likeness (QED) is 0.890. The number of nitrogens with zero attached hydrogens (tertiary/aromatic N) is 1. The summed E-state index contributed by atoms with van der Waals surface area (Å²) in [5, 5.41) is 6.98. The molecule has 1 aromatic carbocycles. The highest BCUT2D eigenvalue weighted by Crippen LogP contribution is 2.29. The molecule has 1 aromatic rings. The van der Waals surface area contributed by atoms with Gasteiger partial charge in [0.15, 0.2) is 0 Å². The van der Waals surface area contributed by atoms with E-state index in [2.05, 4.69) is 22.5 Å². The lowest BCUT2D eigenvalue weighted by atomic mass is 10.2. The summed E-state index contributed by atoms with van der Waals surface area (Å²) in [4.78, 5) is 14.2. The molecular formula is C13H18Cl3N3O. The highest BCUT2D eigenvalue weighted by atomic mass is 35.5. The van der Waals surface area contributed by atoms with Crippen molar-refractivity contribution in [2.75, 3.05) is 31.5 Å². The number of carbonyl (C=O) groups is 1. The van der Waals surface area contributed by atoms with Gasteiger partial charge in [0.1, 0.15) is 0 Å². The number of halogens is 3. The Morgan fingerprint density at radius 2 is 2.10 bits per heavy atom. The lowest BCUT2D eigenvalue weighted by Crippen LogP contribution is -2.52. The molecule has 0 unspecified atom stereocenters. The van der Waals surface area contributed by atoms with Gasteiger partial charge in [-0.15, -0.1) is 12.4 Å². The normalized spacial score (nSPS) is 19.2. The number of benzene rings is 1. The first kappa shape index (κ1) is 17.5. The molecule has 0 radical (unpaired) electrons. The Balaban J connectivity index is 0.00000200. The van der Waals surface area contributed by atoms with Crippen LogP contribution in [0.2, 0.25) is 10.0 Å². The molecule has 0 saturated carbocycles. The van der Waals surface area contributed by atoms with Gasteiger partial charge in [0.05, 0.1) is 22.3 Å². The van der Waals surface area contributed by atoms with Crippen LogP contribution in [0.5, 0.6) is 0 Å². The van der Waals surface area contributed by atoms with Crippen LogP contribution in [0.3, 0.4) is 0 Å². The van der Waals surface area contributed by atoms with Gasteiger partial charge < -0.3 is 10.6 Å². The Morgan fingerprint density at radius 3 is 2.70 bits per heavy atom. The van der Waals surface area contributed by atoms with Crippen molar-refractivity contribution in [2.24, 2.45) is 0 Å². The summed E-state index contributed by atoms with van der Waals surface area (Å²) in [6.07, 6.45) is 0. The van der Waals surface area contributed by atoms with Crippen molar-refractivity contribution in [1.29, 1.82) is 0 Å². The fourth-order valence-corrected chi connectivity index (χ4v) is 2.59. The van der Waals surface area contributed by atoms with Gasteiger partial charge in [-0.3, -0.25) is 9.69 Å². The average Bonchev–Trinajstić information content (AvgIpc) is 2.37. The van der Waals surface area contributed by atoms with Gasteiger partial charge in [-0.2, -0.15) is 0 Å². The van der Waals surface area contributed by atoms with Crippen LogP contribution in [0.15, 0.2) is 18.2 Å². The van der Waals surface area contributed by atoms with E-state index in [1.54, 1.807) is 18.2 Å². The van der Waals surface area contributed by atoms with Crippen LogP contribution in [0.1, 0.15) is 6.92 Å². The topological polar surface area (TPSA) is 44.4 Å². The van der Waals surface area contributed by atoms with E-state index in [0.29, 0.717) is 28.3 Å². The van der Waals surface area contributed by atoms with Gasteiger partial charge in [-0.1, -0.05) is 29.3 Å². The Hall–Kier alpha value is -0.520. The Bertz CT molecular complexity index is 450. The van der Waals surface area contributed by atoms with E-state index in [9.17, 15) is 4.79 Å². The number of piperazine rings is 1. The smallest absolute Gasteiger partial charge is 0.238 e. The van der Waals surface area contributed by atoms with Crippen molar-refractivity contribution in [2.45, 2.75) is 13.0 Å². The van der Waals surface area contributed by atoms with Gasteiger partial charge in [0, 0.05) is 25.7 Å². The molecule has 1 atom stereocenters. The van der Waals surface area contributed by atoms with Gasteiger partial charge >= 0.3 is 0 Å². The maximum atomic E-state index is 12.0. The molecule has 1 aliphatic heterocycles. The van der Waals surface area contributed by atoms with Crippen LogP contribution >= 0.6 is 35.6 Å². The average molecular weight is 339 g/mol. The minimum Gasteiger partial charge on any atom is -0.322 e.